The van der Waals surface area contributed by atoms with Crippen LogP contribution >= 0.6 is 0 Å². The average Bonchev–Trinajstić information content (AvgIpc) is 2.25. The molecule has 0 aromatic heterocycles. The van der Waals surface area contributed by atoms with Gasteiger partial charge in [0.1, 0.15) is 6.10 Å². The van der Waals surface area contributed by atoms with Gasteiger partial charge in [0.25, 0.3) is 0 Å². The van der Waals surface area contributed by atoms with Crippen LogP contribution in [0.25, 0.3) is 0 Å². The Labute approximate surface area is 96.7 Å². The summed E-state index contributed by atoms with van der Waals surface area (Å²) in [5.41, 5.74) is 0. The molecule has 1 N–H and O–H groups in total. The first-order chi connectivity index (χ1) is 7.49. The highest BCUT2D eigenvalue weighted by molar-refractivity contribution is 5.72. The molecule has 94 valence electrons. The standard InChI is InChI=1S/C11H21NO4/c1-5-10(13)16-9(6-7-12(2)3)8-11(14)15-4/h9H,5-8H2,1-4H3/p+1/t9-/m0/s1. The molecule has 0 heterocycles. The molecule has 0 bridgehead atoms. The van der Waals surface area contributed by atoms with Crippen molar-refractivity contribution in [2.24, 2.45) is 0 Å². The Morgan fingerprint density at radius 2 is 1.88 bits per heavy atom. The lowest BCUT2D eigenvalue weighted by Crippen LogP contribution is -3.05. The fraction of sp³-hybridized carbons (Fsp3) is 0.818. The third kappa shape index (κ3) is 7.23. The van der Waals surface area contributed by atoms with Gasteiger partial charge in [-0.1, -0.05) is 6.92 Å². The van der Waals surface area contributed by atoms with Crippen molar-refractivity contribution < 1.29 is 24.0 Å². The lowest BCUT2D eigenvalue weighted by Gasteiger charge is -2.17. The molecule has 0 amide bonds. The van der Waals surface area contributed by atoms with Gasteiger partial charge in [-0.3, -0.25) is 9.59 Å². The Morgan fingerprint density at radius 1 is 1.25 bits per heavy atom. The second-order valence-electron chi connectivity index (χ2n) is 3.99. The number of rotatable bonds is 7. The second kappa shape index (κ2) is 8.10. The summed E-state index contributed by atoms with van der Waals surface area (Å²) < 4.78 is 9.74. The number of quaternary nitrogens is 1. The van der Waals surface area contributed by atoms with Gasteiger partial charge in [-0.25, -0.2) is 0 Å². The van der Waals surface area contributed by atoms with E-state index in [0.717, 1.165) is 6.54 Å². The first-order valence-corrected chi connectivity index (χ1v) is 5.54. The van der Waals surface area contributed by atoms with Crippen LogP contribution in [0.3, 0.4) is 0 Å². The van der Waals surface area contributed by atoms with Gasteiger partial charge in [-0.2, -0.15) is 0 Å². The van der Waals surface area contributed by atoms with Gasteiger partial charge < -0.3 is 14.4 Å². The monoisotopic (exact) mass is 232 g/mol. The Balaban J connectivity index is 4.15. The van der Waals surface area contributed by atoms with Gasteiger partial charge in [0.15, 0.2) is 0 Å². The number of carbonyl (C=O) groups excluding carboxylic acids is 2. The van der Waals surface area contributed by atoms with Gasteiger partial charge in [-0.15, -0.1) is 0 Å². The van der Waals surface area contributed by atoms with Crippen LogP contribution in [0.4, 0.5) is 0 Å². The van der Waals surface area contributed by atoms with Crippen molar-refractivity contribution in [3.05, 3.63) is 0 Å². The molecule has 0 saturated heterocycles. The van der Waals surface area contributed by atoms with Crippen LogP contribution in [0.1, 0.15) is 26.2 Å². The molecule has 0 aromatic carbocycles. The number of esters is 2. The zero-order valence-corrected chi connectivity index (χ0v) is 10.5. The maximum atomic E-state index is 11.2. The number of methoxy groups -OCH3 is 1. The summed E-state index contributed by atoms with van der Waals surface area (Å²) in [5, 5.41) is 0. The van der Waals surface area contributed by atoms with Crippen molar-refractivity contribution in [2.75, 3.05) is 27.7 Å². The molecule has 1 atom stereocenters. The third-order valence-electron chi connectivity index (χ3n) is 2.18. The Morgan fingerprint density at radius 3 is 2.31 bits per heavy atom. The molecule has 0 saturated carbocycles. The van der Waals surface area contributed by atoms with Crippen LogP contribution < -0.4 is 4.90 Å². The minimum Gasteiger partial charge on any atom is -0.469 e. The molecule has 5 heteroatoms. The predicted octanol–water partition coefficient (Wildman–Crippen LogP) is -0.594. The maximum absolute atomic E-state index is 11.2. The first-order valence-electron chi connectivity index (χ1n) is 5.54. The summed E-state index contributed by atoms with van der Waals surface area (Å²) in [7, 11) is 5.35. The van der Waals surface area contributed by atoms with Gasteiger partial charge >= 0.3 is 11.9 Å². The van der Waals surface area contributed by atoms with E-state index in [0.29, 0.717) is 12.8 Å². The molecule has 5 nitrogen and oxygen atoms in total. The van der Waals surface area contributed by atoms with Crippen LogP contribution in [-0.4, -0.2) is 45.8 Å². The molecular formula is C11H22NO4+. The second-order valence-corrected chi connectivity index (χ2v) is 3.99. The van der Waals surface area contributed by atoms with Crippen molar-refractivity contribution in [2.45, 2.75) is 32.3 Å². The van der Waals surface area contributed by atoms with Crippen molar-refractivity contribution in [1.29, 1.82) is 0 Å². The average molecular weight is 232 g/mol. The van der Waals surface area contributed by atoms with Crippen LogP contribution in [0, 0.1) is 0 Å². The molecule has 0 radical (unpaired) electrons. The van der Waals surface area contributed by atoms with Crippen LogP contribution in [0.15, 0.2) is 0 Å². The van der Waals surface area contributed by atoms with E-state index in [4.69, 9.17) is 4.74 Å². The SMILES string of the molecule is CCC(=O)O[C@@H](CC[NH+](C)C)CC(=O)OC. The van der Waals surface area contributed by atoms with E-state index in [9.17, 15) is 9.59 Å². The summed E-state index contributed by atoms with van der Waals surface area (Å²) in [5.74, 6) is -0.620. The van der Waals surface area contributed by atoms with Crippen molar-refractivity contribution in [1.82, 2.24) is 0 Å². The van der Waals surface area contributed by atoms with Gasteiger partial charge in [-0.05, 0) is 0 Å². The van der Waals surface area contributed by atoms with E-state index in [-0.39, 0.29) is 24.5 Å². The summed E-state index contributed by atoms with van der Waals surface area (Å²) in [6.07, 6.45) is 0.764. The van der Waals surface area contributed by atoms with Crippen LogP contribution in [-0.2, 0) is 19.1 Å². The Bertz CT molecular complexity index is 210. The topological polar surface area (TPSA) is 57.0 Å². The summed E-state index contributed by atoms with van der Waals surface area (Å²) >= 11 is 0. The zero-order valence-electron chi connectivity index (χ0n) is 10.5. The van der Waals surface area contributed by atoms with Crippen LogP contribution in [0.5, 0.6) is 0 Å². The fourth-order valence-electron chi connectivity index (χ4n) is 1.19. The predicted molar refractivity (Wildman–Crippen MR) is 59.1 cm³/mol. The lowest BCUT2D eigenvalue weighted by atomic mass is 10.2. The highest BCUT2D eigenvalue weighted by atomic mass is 16.6. The lowest BCUT2D eigenvalue weighted by molar-refractivity contribution is -0.858. The largest absolute Gasteiger partial charge is 0.469 e. The fourth-order valence-corrected chi connectivity index (χ4v) is 1.19. The quantitative estimate of drug-likeness (QED) is 0.596. The van der Waals surface area contributed by atoms with E-state index < -0.39 is 0 Å². The van der Waals surface area contributed by atoms with Gasteiger partial charge in [0.05, 0.1) is 34.2 Å². The molecule has 0 aliphatic carbocycles. The van der Waals surface area contributed by atoms with Crippen molar-refractivity contribution in [3.8, 4) is 0 Å². The van der Waals surface area contributed by atoms with Gasteiger partial charge in [0, 0.05) is 12.8 Å². The first kappa shape index (κ1) is 14.9. The Kier molecular flexibility index (Phi) is 7.54. The number of hydrogen-bond donors (Lipinski definition) is 1. The number of nitrogens with one attached hydrogen (secondary N) is 1. The van der Waals surface area contributed by atoms with E-state index in [1.807, 2.05) is 14.1 Å². The normalized spacial score (nSPS) is 12.3. The van der Waals surface area contributed by atoms with E-state index in [1.54, 1.807) is 6.92 Å². The highest BCUT2D eigenvalue weighted by Crippen LogP contribution is 2.05. The van der Waals surface area contributed by atoms with Crippen LogP contribution in [0.2, 0.25) is 0 Å². The summed E-state index contributed by atoms with van der Waals surface area (Å²) in [6, 6.07) is 0. The minimum atomic E-state index is -0.366. The molecule has 16 heavy (non-hydrogen) atoms. The molecule has 0 aromatic rings. The highest BCUT2D eigenvalue weighted by Gasteiger charge is 2.19. The minimum absolute atomic E-state index is 0.134. The van der Waals surface area contributed by atoms with Gasteiger partial charge in [0.2, 0.25) is 0 Å². The summed E-state index contributed by atoms with van der Waals surface area (Å²) in [6.45, 7) is 2.58. The van der Waals surface area contributed by atoms with Crippen molar-refractivity contribution in [3.63, 3.8) is 0 Å². The molecule has 0 fully saturated rings. The molecule has 0 unspecified atom stereocenters. The maximum Gasteiger partial charge on any atom is 0.309 e. The molecule has 0 aliphatic rings. The number of ether oxygens (including phenoxy) is 2. The zero-order chi connectivity index (χ0) is 12.6. The molecule has 0 aliphatic heterocycles. The van der Waals surface area contributed by atoms with E-state index in [2.05, 4.69) is 4.74 Å². The molecular weight excluding hydrogens is 210 g/mol. The van der Waals surface area contributed by atoms with E-state index in [1.165, 1.54) is 12.0 Å². The smallest absolute Gasteiger partial charge is 0.309 e. The number of hydrogen-bond acceptors (Lipinski definition) is 4. The number of carbonyl (C=O) groups is 2. The van der Waals surface area contributed by atoms with Crippen molar-refractivity contribution >= 4 is 11.9 Å². The third-order valence-corrected chi connectivity index (χ3v) is 2.18. The molecule has 0 rings (SSSR count). The van der Waals surface area contributed by atoms with E-state index >= 15 is 0 Å². The summed E-state index contributed by atoms with van der Waals surface area (Å²) in [4.78, 5) is 23.5. The Hall–Kier alpha value is -1.10. The molecule has 0 spiro atoms.